The van der Waals surface area contributed by atoms with Gasteiger partial charge in [-0.1, -0.05) is 13.8 Å². The van der Waals surface area contributed by atoms with Crippen molar-refractivity contribution in [1.29, 1.82) is 0 Å². The molecule has 3 N–H and O–H groups in total. The number of hydrogen-bond donors (Lipinski definition) is 2. The van der Waals surface area contributed by atoms with E-state index in [1.165, 1.54) is 7.11 Å². The van der Waals surface area contributed by atoms with Crippen LogP contribution in [0.1, 0.15) is 13.8 Å². The highest BCUT2D eigenvalue weighted by Gasteiger charge is 2.23. The van der Waals surface area contributed by atoms with Crippen molar-refractivity contribution in [2.45, 2.75) is 24.8 Å². The zero-order valence-electron chi connectivity index (χ0n) is 12.1. The van der Waals surface area contributed by atoms with Gasteiger partial charge in [0, 0.05) is 18.7 Å². The van der Waals surface area contributed by atoms with Crippen molar-refractivity contribution in [3.05, 3.63) is 28.3 Å². The van der Waals surface area contributed by atoms with Gasteiger partial charge in [-0.05, 0) is 12.0 Å². The van der Waals surface area contributed by atoms with E-state index in [-0.39, 0.29) is 34.8 Å². The highest BCUT2D eigenvalue weighted by atomic mass is 32.2. The van der Waals surface area contributed by atoms with Crippen molar-refractivity contribution in [3.63, 3.8) is 0 Å². The lowest BCUT2D eigenvalue weighted by Gasteiger charge is -2.17. The molecule has 0 radical (unpaired) electrons. The minimum Gasteiger partial charge on any atom is -0.495 e. The number of nitro groups is 1. The molecule has 0 bridgehead atoms. The van der Waals surface area contributed by atoms with Crippen LogP contribution in [0.15, 0.2) is 23.1 Å². The number of nitrogens with two attached hydrogens (primary N) is 1. The van der Waals surface area contributed by atoms with Crippen LogP contribution in [0, 0.1) is 16.0 Å². The molecule has 0 saturated carbocycles. The maximum absolute atomic E-state index is 12.2. The highest BCUT2D eigenvalue weighted by molar-refractivity contribution is 7.89. The maximum atomic E-state index is 12.2. The predicted octanol–water partition coefficient (Wildman–Crippen LogP) is 0.865. The van der Waals surface area contributed by atoms with Crippen molar-refractivity contribution in [2.24, 2.45) is 11.7 Å². The van der Waals surface area contributed by atoms with Gasteiger partial charge in [0.05, 0.1) is 18.1 Å². The number of nitrogens with one attached hydrogen (secondary N) is 1. The van der Waals surface area contributed by atoms with Gasteiger partial charge in [0.15, 0.2) is 0 Å². The number of ether oxygens (including phenoxy) is 1. The van der Waals surface area contributed by atoms with Gasteiger partial charge in [-0.2, -0.15) is 0 Å². The lowest BCUT2D eigenvalue weighted by molar-refractivity contribution is -0.385. The van der Waals surface area contributed by atoms with E-state index in [0.717, 1.165) is 18.2 Å². The van der Waals surface area contributed by atoms with Gasteiger partial charge >= 0.3 is 0 Å². The molecule has 118 valence electrons. The van der Waals surface area contributed by atoms with Crippen LogP contribution < -0.4 is 15.2 Å². The molecule has 1 aromatic carbocycles. The third-order valence-corrected chi connectivity index (χ3v) is 4.48. The molecule has 0 aliphatic heterocycles. The van der Waals surface area contributed by atoms with Crippen LogP contribution in [0.2, 0.25) is 0 Å². The van der Waals surface area contributed by atoms with Crippen LogP contribution in [-0.4, -0.2) is 33.0 Å². The monoisotopic (exact) mass is 317 g/mol. The van der Waals surface area contributed by atoms with Crippen LogP contribution in [0.25, 0.3) is 0 Å². The summed E-state index contributed by atoms with van der Waals surface area (Å²) in [5.41, 5.74) is 5.54. The largest absolute Gasteiger partial charge is 0.495 e. The van der Waals surface area contributed by atoms with Gasteiger partial charge in [-0.25, -0.2) is 13.1 Å². The zero-order valence-corrected chi connectivity index (χ0v) is 12.9. The number of nitro benzene ring substituents is 1. The number of hydrogen-bond acceptors (Lipinski definition) is 6. The van der Waals surface area contributed by atoms with Crippen molar-refractivity contribution < 1.29 is 18.1 Å². The number of benzene rings is 1. The van der Waals surface area contributed by atoms with E-state index in [9.17, 15) is 18.5 Å². The molecule has 8 nitrogen and oxygen atoms in total. The Morgan fingerprint density at radius 2 is 2.05 bits per heavy atom. The van der Waals surface area contributed by atoms with Gasteiger partial charge in [0.25, 0.3) is 5.69 Å². The SMILES string of the molecule is COc1cc([N+](=O)[O-])ccc1S(=O)(=O)NCC(N)C(C)C. The van der Waals surface area contributed by atoms with Crippen LogP contribution >= 0.6 is 0 Å². The van der Waals surface area contributed by atoms with Gasteiger partial charge in [0.2, 0.25) is 10.0 Å². The molecule has 0 heterocycles. The molecule has 0 aliphatic carbocycles. The smallest absolute Gasteiger partial charge is 0.273 e. The van der Waals surface area contributed by atoms with E-state index >= 15 is 0 Å². The summed E-state index contributed by atoms with van der Waals surface area (Å²) in [5.74, 6) is 0.0290. The van der Waals surface area contributed by atoms with Crippen molar-refractivity contribution in [2.75, 3.05) is 13.7 Å². The molecule has 0 aliphatic rings. The first-order valence-electron chi connectivity index (χ1n) is 6.26. The maximum Gasteiger partial charge on any atom is 0.273 e. The quantitative estimate of drug-likeness (QED) is 0.568. The number of rotatable bonds is 7. The topological polar surface area (TPSA) is 125 Å². The van der Waals surface area contributed by atoms with Gasteiger partial charge in [0.1, 0.15) is 10.6 Å². The Balaban J connectivity index is 3.05. The van der Waals surface area contributed by atoms with E-state index in [1.54, 1.807) is 0 Å². The third-order valence-electron chi connectivity index (χ3n) is 3.01. The molecule has 0 aromatic heterocycles. The lowest BCUT2D eigenvalue weighted by Crippen LogP contribution is -2.40. The van der Waals surface area contributed by atoms with Crippen molar-refractivity contribution in [3.8, 4) is 5.75 Å². The zero-order chi connectivity index (χ0) is 16.2. The summed E-state index contributed by atoms with van der Waals surface area (Å²) in [4.78, 5) is 9.90. The Morgan fingerprint density at radius 3 is 2.52 bits per heavy atom. The fourth-order valence-electron chi connectivity index (χ4n) is 1.51. The number of nitrogens with zero attached hydrogens (tertiary/aromatic N) is 1. The van der Waals surface area contributed by atoms with Gasteiger partial charge < -0.3 is 10.5 Å². The first kappa shape index (κ1) is 17.3. The van der Waals surface area contributed by atoms with Crippen LogP contribution in [-0.2, 0) is 10.0 Å². The molecule has 0 spiro atoms. The fourth-order valence-corrected chi connectivity index (χ4v) is 2.73. The van der Waals surface area contributed by atoms with Crippen molar-refractivity contribution in [1.82, 2.24) is 4.72 Å². The summed E-state index contributed by atoms with van der Waals surface area (Å²) in [5, 5.41) is 10.7. The molecule has 0 amide bonds. The van der Waals surface area contributed by atoms with E-state index in [0.29, 0.717) is 0 Å². The predicted molar refractivity (Wildman–Crippen MR) is 77.7 cm³/mol. The molecule has 0 saturated heterocycles. The molecule has 1 atom stereocenters. The molecule has 1 rings (SSSR count). The fraction of sp³-hybridized carbons (Fsp3) is 0.500. The minimum absolute atomic E-state index is 0.0696. The number of methoxy groups -OCH3 is 1. The summed E-state index contributed by atoms with van der Waals surface area (Å²) < 4.78 is 31.7. The van der Waals surface area contributed by atoms with E-state index in [2.05, 4.69) is 4.72 Å². The molecule has 21 heavy (non-hydrogen) atoms. The second-order valence-corrected chi connectivity index (χ2v) is 6.59. The summed E-state index contributed by atoms with van der Waals surface area (Å²) >= 11 is 0. The Hall–Kier alpha value is -1.71. The first-order chi connectivity index (χ1) is 9.69. The van der Waals surface area contributed by atoms with E-state index in [4.69, 9.17) is 10.5 Å². The number of non-ortho nitro benzene ring substituents is 1. The van der Waals surface area contributed by atoms with Gasteiger partial charge in [-0.3, -0.25) is 10.1 Å². The summed E-state index contributed by atoms with van der Waals surface area (Å²) in [6.45, 7) is 3.83. The van der Waals surface area contributed by atoms with Gasteiger partial charge in [-0.15, -0.1) is 0 Å². The normalized spacial score (nSPS) is 13.2. The van der Waals surface area contributed by atoms with E-state index in [1.807, 2.05) is 13.8 Å². The Morgan fingerprint density at radius 1 is 1.43 bits per heavy atom. The Bertz CT molecular complexity index is 615. The summed E-state index contributed by atoms with van der Waals surface area (Å²) in [7, 11) is -2.60. The van der Waals surface area contributed by atoms with Crippen LogP contribution in [0.5, 0.6) is 5.75 Å². The molecule has 1 aromatic rings. The molecule has 9 heteroatoms. The molecular formula is C12H19N3O5S. The Kier molecular flexibility index (Phi) is 5.64. The minimum atomic E-state index is -3.85. The molecule has 1 unspecified atom stereocenters. The standard InChI is InChI=1S/C12H19N3O5S/c1-8(2)10(13)7-14-21(18,19)12-5-4-9(15(16)17)6-11(12)20-3/h4-6,8,10,14H,7,13H2,1-3H3. The second kappa shape index (κ2) is 6.83. The van der Waals surface area contributed by atoms with Crippen LogP contribution in [0.3, 0.4) is 0 Å². The molecular weight excluding hydrogens is 298 g/mol. The first-order valence-corrected chi connectivity index (χ1v) is 7.75. The van der Waals surface area contributed by atoms with Crippen molar-refractivity contribution >= 4 is 15.7 Å². The Labute approximate surface area is 123 Å². The average Bonchev–Trinajstić information content (AvgIpc) is 2.43. The summed E-state index contributed by atoms with van der Waals surface area (Å²) in [6, 6.07) is 2.99. The average molecular weight is 317 g/mol. The molecule has 0 fully saturated rings. The van der Waals surface area contributed by atoms with Crippen LogP contribution in [0.4, 0.5) is 5.69 Å². The summed E-state index contributed by atoms with van der Waals surface area (Å²) in [6.07, 6.45) is 0. The van der Waals surface area contributed by atoms with E-state index < -0.39 is 14.9 Å². The second-order valence-electron chi connectivity index (χ2n) is 4.85. The third kappa shape index (κ3) is 4.38. The highest BCUT2D eigenvalue weighted by Crippen LogP contribution is 2.28. The number of sulfonamides is 1. The lowest BCUT2D eigenvalue weighted by atomic mass is 10.1.